The molecule has 3 N–H and O–H groups in total. The van der Waals surface area contributed by atoms with Crippen LogP contribution in [-0.4, -0.2) is 27.7 Å². The molecule has 0 aliphatic carbocycles. The highest BCUT2D eigenvalue weighted by molar-refractivity contribution is 5.94. The monoisotopic (exact) mass is 248 g/mol. The van der Waals surface area contributed by atoms with Gasteiger partial charge in [-0.3, -0.25) is 4.79 Å². The molecule has 0 bridgehead atoms. The maximum atomic E-state index is 11.2. The summed E-state index contributed by atoms with van der Waals surface area (Å²) in [6, 6.07) is 4.28. The second kappa shape index (κ2) is 4.83. The Hall–Kier alpha value is -2.43. The van der Waals surface area contributed by atoms with Gasteiger partial charge in [-0.25, -0.2) is 0 Å². The highest BCUT2D eigenvalue weighted by Crippen LogP contribution is 2.26. The summed E-state index contributed by atoms with van der Waals surface area (Å²) in [5.74, 6) is -1.08. The van der Waals surface area contributed by atoms with E-state index in [0.717, 1.165) is 0 Å². The number of Topliss-reactive ketones (excluding diaryl/α,β-unsaturated/α-hetero) is 1. The predicted molar refractivity (Wildman–Crippen MR) is 64.0 cm³/mol. The van der Waals surface area contributed by atoms with Crippen molar-refractivity contribution in [3.05, 3.63) is 41.4 Å². The molecule has 0 saturated heterocycles. The van der Waals surface area contributed by atoms with Crippen molar-refractivity contribution in [3.63, 3.8) is 0 Å². The molecule has 0 radical (unpaired) electrons. The molecular weight excluding hydrogens is 236 g/mol. The molecule has 2 rings (SSSR count). The number of rotatable bonds is 2. The Balaban J connectivity index is 2.22. The number of carbonyl (C=O) groups excluding carboxylic acids is 1. The summed E-state index contributed by atoms with van der Waals surface area (Å²) in [7, 11) is 0. The van der Waals surface area contributed by atoms with E-state index in [-0.39, 0.29) is 41.8 Å². The molecule has 0 unspecified atom stereocenters. The molecule has 1 aromatic rings. The topological polar surface area (TPSA) is 87.0 Å². The van der Waals surface area contributed by atoms with Crippen molar-refractivity contribution in [1.29, 1.82) is 0 Å². The number of aromatic hydroxyl groups is 2. The van der Waals surface area contributed by atoms with Crippen molar-refractivity contribution in [1.82, 2.24) is 0 Å². The van der Waals surface area contributed by atoms with E-state index >= 15 is 0 Å². The number of ether oxygens (including phenoxy) is 1. The lowest BCUT2D eigenvalue weighted by atomic mass is 10.1. The molecule has 0 saturated carbocycles. The minimum atomic E-state index is -0.388. The van der Waals surface area contributed by atoms with E-state index in [4.69, 9.17) is 9.84 Å². The van der Waals surface area contributed by atoms with Crippen LogP contribution >= 0.6 is 0 Å². The summed E-state index contributed by atoms with van der Waals surface area (Å²) < 4.78 is 5.15. The van der Waals surface area contributed by atoms with Crippen LogP contribution in [-0.2, 0) is 9.53 Å². The molecule has 0 fully saturated rings. The molecule has 1 aliphatic heterocycles. The van der Waals surface area contributed by atoms with Crippen LogP contribution < -0.4 is 0 Å². The van der Waals surface area contributed by atoms with Crippen LogP contribution in [0.2, 0.25) is 0 Å². The normalized spacial score (nSPS) is 16.1. The molecular formula is C13H12O5. The van der Waals surface area contributed by atoms with Gasteiger partial charge in [-0.15, -0.1) is 0 Å². The smallest absolute Gasteiger partial charge is 0.204 e. The molecule has 5 heteroatoms. The van der Waals surface area contributed by atoms with Gasteiger partial charge in [-0.1, -0.05) is 12.1 Å². The van der Waals surface area contributed by atoms with Crippen molar-refractivity contribution in [3.8, 4) is 11.5 Å². The molecule has 0 aromatic heterocycles. The van der Waals surface area contributed by atoms with E-state index in [1.165, 1.54) is 18.2 Å². The number of carbonyl (C=O) groups is 1. The van der Waals surface area contributed by atoms with Gasteiger partial charge < -0.3 is 20.1 Å². The quantitative estimate of drug-likeness (QED) is 0.695. The maximum Gasteiger partial charge on any atom is 0.204 e. The van der Waals surface area contributed by atoms with Crippen LogP contribution in [0.5, 0.6) is 11.5 Å². The van der Waals surface area contributed by atoms with Crippen molar-refractivity contribution in [2.24, 2.45) is 0 Å². The fraction of sp³-hybridized carbons (Fsp3) is 0.154. The third kappa shape index (κ3) is 2.45. The molecule has 94 valence electrons. The van der Waals surface area contributed by atoms with Crippen molar-refractivity contribution in [2.75, 3.05) is 6.61 Å². The van der Waals surface area contributed by atoms with Crippen LogP contribution in [0, 0.1) is 0 Å². The lowest BCUT2D eigenvalue weighted by Crippen LogP contribution is -2.15. The van der Waals surface area contributed by atoms with Gasteiger partial charge >= 0.3 is 0 Å². The number of hydrogen-bond donors (Lipinski definition) is 3. The molecule has 5 nitrogen and oxygen atoms in total. The number of phenols is 2. The van der Waals surface area contributed by atoms with E-state index < -0.39 is 0 Å². The van der Waals surface area contributed by atoms with E-state index in [1.807, 2.05) is 0 Å². The minimum absolute atomic E-state index is 0.110. The van der Waals surface area contributed by atoms with E-state index in [9.17, 15) is 15.0 Å². The van der Waals surface area contributed by atoms with E-state index in [0.29, 0.717) is 5.56 Å². The zero-order chi connectivity index (χ0) is 13.1. The minimum Gasteiger partial charge on any atom is -0.504 e. The third-order valence-electron chi connectivity index (χ3n) is 2.51. The van der Waals surface area contributed by atoms with Crippen LogP contribution in [0.1, 0.15) is 12.0 Å². The van der Waals surface area contributed by atoms with Gasteiger partial charge in [0, 0.05) is 6.42 Å². The molecule has 0 spiro atoms. The van der Waals surface area contributed by atoms with E-state index in [1.54, 1.807) is 12.1 Å². The second-order valence-corrected chi connectivity index (χ2v) is 3.82. The number of hydrogen-bond acceptors (Lipinski definition) is 5. The Labute approximate surface area is 103 Å². The second-order valence-electron chi connectivity index (χ2n) is 3.82. The van der Waals surface area contributed by atoms with Gasteiger partial charge in [0.25, 0.3) is 0 Å². The third-order valence-corrected chi connectivity index (χ3v) is 2.51. The number of ketones is 1. The summed E-state index contributed by atoms with van der Waals surface area (Å²) >= 11 is 0. The van der Waals surface area contributed by atoms with Crippen LogP contribution in [0.4, 0.5) is 0 Å². The van der Waals surface area contributed by atoms with Crippen molar-refractivity contribution in [2.45, 2.75) is 6.42 Å². The van der Waals surface area contributed by atoms with Gasteiger partial charge in [0.15, 0.2) is 17.3 Å². The largest absolute Gasteiger partial charge is 0.504 e. The predicted octanol–water partition coefficient (Wildman–Crippen LogP) is 1.87. The lowest BCUT2D eigenvalue weighted by molar-refractivity contribution is -0.120. The number of benzene rings is 1. The van der Waals surface area contributed by atoms with Gasteiger partial charge in [0.05, 0.1) is 6.61 Å². The zero-order valence-electron chi connectivity index (χ0n) is 9.46. The van der Waals surface area contributed by atoms with Gasteiger partial charge in [0.1, 0.15) is 0 Å². The Morgan fingerprint density at radius 2 is 1.89 bits per heavy atom. The summed E-state index contributed by atoms with van der Waals surface area (Å²) in [5.41, 5.74) is 0.604. The van der Waals surface area contributed by atoms with Crippen LogP contribution in [0.25, 0.3) is 6.08 Å². The highest BCUT2D eigenvalue weighted by atomic mass is 16.5. The van der Waals surface area contributed by atoms with Gasteiger partial charge in [0.2, 0.25) is 11.5 Å². The molecule has 0 amide bonds. The SMILES string of the molecule is O=C1CCOC(/C=C/c2ccc(O)c(O)c2)=C1O. The lowest BCUT2D eigenvalue weighted by Gasteiger charge is -2.13. The summed E-state index contributed by atoms with van der Waals surface area (Å²) in [6.07, 6.45) is 3.17. The van der Waals surface area contributed by atoms with Crippen LogP contribution in [0.3, 0.4) is 0 Å². The van der Waals surface area contributed by atoms with Crippen molar-refractivity contribution < 1.29 is 24.9 Å². The Morgan fingerprint density at radius 1 is 1.11 bits per heavy atom. The van der Waals surface area contributed by atoms with Gasteiger partial charge in [-0.05, 0) is 23.8 Å². The van der Waals surface area contributed by atoms with E-state index in [2.05, 4.69) is 0 Å². The summed E-state index contributed by atoms with van der Waals surface area (Å²) in [5, 5.41) is 27.9. The van der Waals surface area contributed by atoms with Gasteiger partial charge in [-0.2, -0.15) is 0 Å². The van der Waals surface area contributed by atoms with Crippen LogP contribution in [0.15, 0.2) is 35.8 Å². The average molecular weight is 248 g/mol. The molecule has 1 heterocycles. The summed E-state index contributed by atoms with van der Waals surface area (Å²) in [4.78, 5) is 11.2. The zero-order valence-corrected chi connectivity index (χ0v) is 9.46. The summed E-state index contributed by atoms with van der Waals surface area (Å²) in [6.45, 7) is 0.239. The first-order chi connectivity index (χ1) is 8.58. The first-order valence-corrected chi connectivity index (χ1v) is 5.37. The Bertz CT molecular complexity index is 542. The molecule has 18 heavy (non-hydrogen) atoms. The molecule has 0 atom stereocenters. The number of aliphatic hydroxyl groups excluding tert-OH is 1. The number of allylic oxidation sites excluding steroid dienone is 2. The Kier molecular flexibility index (Phi) is 3.23. The highest BCUT2D eigenvalue weighted by Gasteiger charge is 2.19. The fourth-order valence-corrected chi connectivity index (χ4v) is 1.52. The standard InChI is InChI=1S/C13H12O5/c14-9-3-1-8(7-11(9)16)2-4-12-13(17)10(15)5-6-18-12/h1-4,7,14,16-17H,5-6H2/b4-2+. The maximum absolute atomic E-state index is 11.2. The Morgan fingerprint density at radius 3 is 2.61 bits per heavy atom. The number of aliphatic hydroxyl groups is 1. The molecule has 1 aromatic carbocycles. The first-order valence-electron chi connectivity index (χ1n) is 5.37. The first kappa shape index (κ1) is 12.0. The number of phenolic OH excluding ortho intramolecular Hbond substituents is 2. The molecule has 1 aliphatic rings. The average Bonchev–Trinajstić information content (AvgIpc) is 2.35. The van der Waals surface area contributed by atoms with Crippen molar-refractivity contribution >= 4 is 11.9 Å². The fourth-order valence-electron chi connectivity index (χ4n) is 1.52.